The summed E-state index contributed by atoms with van der Waals surface area (Å²) in [4.78, 5) is 13.3. The summed E-state index contributed by atoms with van der Waals surface area (Å²) in [6.07, 6.45) is 0. The lowest BCUT2D eigenvalue weighted by Crippen LogP contribution is -2.30. The number of rotatable bonds is 5. The lowest BCUT2D eigenvalue weighted by atomic mass is 10.2. The Bertz CT molecular complexity index is 610. The van der Waals surface area contributed by atoms with Gasteiger partial charge in [-0.3, -0.25) is 4.79 Å². The van der Waals surface area contributed by atoms with Crippen LogP contribution in [0.3, 0.4) is 0 Å². The Morgan fingerprint density at radius 3 is 2.52 bits per heavy atom. The zero-order valence-corrected chi connectivity index (χ0v) is 13.5. The molecule has 0 aliphatic heterocycles. The maximum Gasteiger partial charge on any atom is 0.233 e. The van der Waals surface area contributed by atoms with Gasteiger partial charge in [0, 0.05) is 11.4 Å². The predicted molar refractivity (Wildman–Crippen MR) is 89.5 cm³/mol. The van der Waals surface area contributed by atoms with Crippen LogP contribution in [-0.4, -0.2) is 11.2 Å². The number of hydrogen-bond donors (Lipinski definition) is 1. The Kier molecular flexibility index (Phi) is 5.45. The molecule has 1 N–H and O–H groups in total. The first-order valence-corrected chi connectivity index (χ1v) is 8.00. The van der Waals surface area contributed by atoms with Gasteiger partial charge >= 0.3 is 0 Å². The summed E-state index contributed by atoms with van der Waals surface area (Å²) in [5, 5.41) is 2.89. The molecule has 110 valence electrons. The summed E-state index contributed by atoms with van der Waals surface area (Å²) < 4.78 is 0. The standard InChI is InChI=1S/C18H21NOS/c1-13-9-10-17(14(2)11-13)21-15(3)18(20)19-12-16-7-5-4-6-8-16/h4-11,15H,12H2,1-3H3,(H,19,20). The van der Waals surface area contributed by atoms with Gasteiger partial charge < -0.3 is 5.32 Å². The summed E-state index contributed by atoms with van der Waals surface area (Å²) >= 11 is 1.61. The maximum atomic E-state index is 12.2. The zero-order chi connectivity index (χ0) is 15.2. The van der Waals surface area contributed by atoms with Gasteiger partial charge in [0.2, 0.25) is 5.91 Å². The SMILES string of the molecule is Cc1ccc(SC(C)C(=O)NCc2ccccc2)c(C)c1. The Balaban J connectivity index is 1.90. The molecule has 2 aromatic rings. The van der Waals surface area contributed by atoms with Crippen molar-refractivity contribution in [3.63, 3.8) is 0 Å². The van der Waals surface area contributed by atoms with Crippen LogP contribution in [0, 0.1) is 13.8 Å². The number of aryl methyl sites for hydroxylation is 2. The minimum Gasteiger partial charge on any atom is -0.351 e. The number of carbonyl (C=O) groups is 1. The fourth-order valence-corrected chi connectivity index (χ4v) is 3.07. The quantitative estimate of drug-likeness (QED) is 0.842. The van der Waals surface area contributed by atoms with Crippen LogP contribution in [0.5, 0.6) is 0 Å². The maximum absolute atomic E-state index is 12.2. The molecule has 1 unspecified atom stereocenters. The first-order chi connectivity index (χ1) is 10.1. The second kappa shape index (κ2) is 7.32. The first-order valence-electron chi connectivity index (χ1n) is 7.12. The Morgan fingerprint density at radius 1 is 1.14 bits per heavy atom. The largest absolute Gasteiger partial charge is 0.351 e. The van der Waals surface area contributed by atoms with E-state index in [1.165, 1.54) is 16.0 Å². The van der Waals surface area contributed by atoms with Crippen LogP contribution in [0.25, 0.3) is 0 Å². The minimum atomic E-state index is -0.102. The predicted octanol–water partition coefficient (Wildman–Crippen LogP) is 4.10. The molecule has 0 heterocycles. The van der Waals surface area contributed by atoms with Crippen LogP contribution in [0.1, 0.15) is 23.6 Å². The van der Waals surface area contributed by atoms with E-state index in [4.69, 9.17) is 0 Å². The molecule has 2 rings (SSSR count). The molecule has 0 spiro atoms. The van der Waals surface area contributed by atoms with E-state index in [0.717, 1.165) is 5.56 Å². The van der Waals surface area contributed by atoms with Crippen molar-refractivity contribution in [3.05, 3.63) is 65.2 Å². The molecular weight excluding hydrogens is 278 g/mol. The Labute approximate surface area is 131 Å². The second-order valence-corrected chi connectivity index (χ2v) is 6.62. The average molecular weight is 299 g/mol. The molecule has 2 nitrogen and oxygen atoms in total. The molecule has 0 bridgehead atoms. The summed E-state index contributed by atoms with van der Waals surface area (Å²) in [6.45, 7) is 6.70. The lowest BCUT2D eigenvalue weighted by molar-refractivity contribution is -0.120. The van der Waals surface area contributed by atoms with E-state index in [9.17, 15) is 4.79 Å². The third-order valence-electron chi connectivity index (χ3n) is 3.31. The average Bonchev–Trinajstić information content (AvgIpc) is 2.48. The van der Waals surface area contributed by atoms with E-state index in [0.29, 0.717) is 6.54 Å². The Hall–Kier alpha value is -1.74. The van der Waals surface area contributed by atoms with Gasteiger partial charge in [-0.05, 0) is 38.0 Å². The molecule has 0 aliphatic carbocycles. The minimum absolute atomic E-state index is 0.0730. The van der Waals surface area contributed by atoms with E-state index in [2.05, 4.69) is 37.4 Å². The Morgan fingerprint density at radius 2 is 1.86 bits per heavy atom. The number of benzene rings is 2. The molecule has 1 atom stereocenters. The van der Waals surface area contributed by atoms with Gasteiger partial charge in [-0.1, -0.05) is 48.0 Å². The smallest absolute Gasteiger partial charge is 0.233 e. The first kappa shape index (κ1) is 15.6. The molecule has 0 aromatic heterocycles. The topological polar surface area (TPSA) is 29.1 Å². The van der Waals surface area contributed by atoms with Gasteiger partial charge in [0.05, 0.1) is 5.25 Å². The van der Waals surface area contributed by atoms with Crippen molar-refractivity contribution >= 4 is 17.7 Å². The summed E-state index contributed by atoms with van der Waals surface area (Å²) in [5.74, 6) is 0.0730. The van der Waals surface area contributed by atoms with E-state index >= 15 is 0 Å². The fourth-order valence-electron chi connectivity index (χ4n) is 2.10. The molecule has 3 heteroatoms. The molecule has 0 fully saturated rings. The second-order valence-electron chi connectivity index (χ2n) is 5.23. The van der Waals surface area contributed by atoms with Crippen molar-refractivity contribution < 1.29 is 4.79 Å². The highest BCUT2D eigenvalue weighted by Gasteiger charge is 2.15. The normalized spacial score (nSPS) is 12.0. The van der Waals surface area contributed by atoms with Crippen molar-refractivity contribution in [1.82, 2.24) is 5.32 Å². The van der Waals surface area contributed by atoms with E-state index in [1.54, 1.807) is 11.8 Å². The summed E-state index contributed by atoms with van der Waals surface area (Å²) in [6, 6.07) is 16.3. The molecule has 21 heavy (non-hydrogen) atoms. The van der Waals surface area contributed by atoms with Gasteiger partial charge in [-0.2, -0.15) is 0 Å². The van der Waals surface area contributed by atoms with Crippen LogP contribution in [-0.2, 0) is 11.3 Å². The van der Waals surface area contributed by atoms with Crippen LogP contribution in [0.2, 0.25) is 0 Å². The number of thioether (sulfide) groups is 1. The van der Waals surface area contributed by atoms with Gasteiger partial charge in [0.15, 0.2) is 0 Å². The zero-order valence-electron chi connectivity index (χ0n) is 12.7. The number of carbonyl (C=O) groups excluding carboxylic acids is 1. The molecule has 1 amide bonds. The van der Waals surface area contributed by atoms with Crippen molar-refractivity contribution in [2.45, 2.75) is 37.5 Å². The van der Waals surface area contributed by atoms with Crippen molar-refractivity contribution in [1.29, 1.82) is 0 Å². The van der Waals surface area contributed by atoms with Crippen LogP contribution < -0.4 is 5.32 Å². The molecule has 0 saturated carbocycles. The lowest BCUT2D eigenvalue weighted by Gasteiger charge is -2.14. The van der Waals surface area contributed by atoms with E-state index in [-0.39, 0.29) is 11.2 Å². The van der Waals surface area contributed by atoms with Crippen LogP contribution >= 0.6 is 11.8 Å². The third-order valence-corrected chi connectivity index (χ3v) is 4.59. The van der Waals surface area contributed by atoms with Gasteiger partial charge in [0.1, 0.15) is 0 Å². The van der Waals surface area contributed by atoms with Gasteiger partial charge in [-0.25, -0.2) is 0 Å². The number of nitrogens with one attached hydrogen (secondary N) is 1. The van der Waals surface area contributed by atoms with Crippen molar-refractivity contribution in [3.8, 4) is 0 Å². The van der Waals surface area contributed by atoms with Crippen molar-refractivity contribution in [2.24, 2.45) is 0 Å². The number of amides is 1. The van der Waals surface area contributed by atoms with Gasteiger partial charge in [0.25, 0.3) is 0 Å². The van der Waals surface area contributed by atoms with Crippen LogP contribution in [0.15, 0.2) is 53.4 Å². The fraction of sp³-hybridized carbons (Fsp3) is 0.278. The molecule has 0 radical (unpaired) electrons. The van der Waals surface area contributed by atoms with Gasteiger partial charge in [-0.15, -0.1) is 11.8 Å². The molecule has 0 aliphatic rings. The van der Waals surface area contributed by atoms with Crippen LogP contribution in [0.4, 0.5) is 0 Å². The van der Waals surface area contributed by atoms with E-state index < -0.39 is 0 Å². The van der Waals surface area contributed by atoms with E-state index in [1.807, 2.05) is 37.3 Å². The third kappa shape index (κ3) is 4.64. The highest BCUT2D eigenvalue weighted by molar-refractivity contribution is 8.00. The van der Waals surface area contributed by atoms with Crippen molar-refractivity contribution in [2.75, 3.05) is 0 Å². The molecular formula is C18H21NOS. The number of hydrogen-bond acceptors (Lipinski definition) is 2. The molecule has 2 aromatic carbocycles. The summed E-state index contributed by atoms with van der Waals surface area (Å²) in [7, 11) is 0. The molecule has 0 saturated heterocycles. The summed E-state index contributed by atoms with van der Waals surface area (Å²) in [5.41, 5.74) is 3.59. The highest BCUT2D eigenvalue weighted by Crippen LogP contribution is 2.27. The monoisotopic (exact) mass is 299 g/mol. The highest BCUT2D eigenvalue weighted by atomic mass is 32.2.